The van der Waals surface area contributed by atoms with E-state index in [9.17, 15) is 26.3 Å². The Bertz CT molecular complexity index is 2860. The summed E-state index contributed by atoms with van der Waals surface area (Å²) in [4.78, 5) is 17.6. The lowest BCUT2D eigenvalue weighted by Crippen LogP contribution is -2.37. The highest BCUT2D eigenvalue weighted by Gasteiger charge is 2.29. The van der Waals surface area contributed by atoms with E-state index < -0.39 is 24.3 Å². The first kappa shape index (κ1) is 43.9. The maximum atomic E-state index is 10.5. The number of carbonyl (C=O) groups excluding carboxylic acids is 2. The summed E-state index contributed by atoms with van der Waals surface area (Å²) < 4.78 is 67.9. The van der Waals surface area contributed by atoms with Gasteiger partial charge in [0.25, 0.3) is 0 Å². The third kappa shape index (κ3) is 10.1. The van der Waals surface area contributed by atoms with Crippen molar-refractivity contribution in [3.05, 3.63) is 191 Å². The number of hydrogen-bond acceptors (Lipinski definition) is 6. The minimum Gasteiger partial charge on any atom is -0.542 e. The summed E-state index contributed by atoms with van der Waals surface area (Å²) in [6.07, 6.45) is -4.96. The maximum Gasteiger partial charge on any atom is 0.430 e. The number of carbonyl (C=O) groups is 2. The average molecular weight is 885 g/mol. The molecule has 8 nitrogen and oxygen atoms in total. The summed E-state index contributed by atoms with van der Waals surface area (Å²) in [6.45, 7) is 3.18. The zero-order chi connectivity index (χ0) is 45.9. The first-order valence-corrected chi connectivity index (χ1v) is 20.4. The lowest BCUT2D eigenvalue weighted by atomic mass is 10.0. The Kier molecular flexibility index (Phi) is 12.3. The van der Waals surface area contributed by atoms with Gasteiger partial charge >= 0.3 is 12.4 Å². The summed E-state index contributed by atoms with van der Waals surface area (Å²) in [6, 6.07) is 53.9. The number of carboxylic acid groups (broad SMARTS) is 2. The number of alkyl halides is 6. The van der Waals surface area contributed by atoms with E-state index in [0.29, 0.717) is 0 Å². The Labute approximate surface area is 368 Å². The van der Waals surface area contributed by atoms with Crippen molar-refractivity contribution in [1.82, 2.24) is 0 Å². The molecule has 0 atom stereocenters. The van der Waals surface area contributed by atoms with Crippen LogP contribution in [0.1, 0.15) is 33.4 Å². The van der Waals surface area contributed by atoms with Gasteiger partial charge in [-0.3, -0.25) is 0 Å². The molecule has 6 aromatic carbocycles. The van der Waals surface area contributed by atoms with E-state index in [1.807, 2.05) is 0 Å². The summed E-state index contributed by atoms with van der Waals surface area (Å²) in [5.74, 6) is -6.01. The fourth-order valence-electron chi connectivity index (χ4n) is 8.09. The van der Waals surface area contributed by atoms with Crippen molar-refractivity contribution in [2.45, 2.75) is 45.0 Å². The van der Waals surface area contributed by atoms with E-state index in [1.165, 1.54) is 77.4 Å². The second-order valence-corrected chi connectivity index (χ2v) is 15.6. The molecule has 2 aromatic heterocycles. The second kappa shape index (κ2) is 18.2. The normalized spacial score (nSPS) is 13.0. The zero-order valence-corrected chi connectivity index (χ0v) is 34.3. The molecule has 0 unspecified atom stereocenters. The number of nitrogens with zero attached hydrogens (tertiary/aromatic N) is 2. The molecule has 2 N–H and O–H groups in total. The van der Waals surface area contributed by atoms with Gasteiger partial charge in [-0.05, 0) is 75.2 Å². The number of benzene rings is 6. The number of fused-ring (bicyclic) bond motifs is 2. The summed E-state index contributed by atoms with van der Waals surface area (Å²) in [7, 11) is 0. The smallest absolute Gasteiger partial charge is 0.430 e. The Morgan fingerprint density at radius 2 is 0.831 bits per heavy atom. The van der Waals surface area contributed by atoms with Crippen LogP contribution in [-0.2, 0) is 42.2 Å². The molecule has 8 heterocycles. The van der Waals surface area contributed by atoms with Crippen molar-refractivity contribution in [2.24, 2.45) is 0 Å². The van der Waals surface area contributed by atoms with Crippen molar-refractivity contribution in [3.8, 4) is 22.3 Å². The molecule has 12 bridgehead atoms. The highest BCUT2D eigenvalue weighted by atomic mass is 19.4. The van der Waals surface area contributed by atoms with Gasteiger partial charge in [-0.2, -0.15) is 35.5 Å². The molecule has 15 rings (SSSR count). The molecule has 0 saturated carbocycles. The Hall–Kier alpha value is -7.74. The van der Waals surface area contributed by atoms with Gasteiger partial charge < -0.3 is 30.4 Å². The molecule has 65 heavy (non-hydrogen) atoms. The lowest BCUT2D eigenvalue weighted by Gasteiger charge is -2.12. The molecule has 6 aliphatic heterocycles. The largest absolute Gasteiger partial charge is 0.542 e. The highest BCUT2D eigenvalue weighted by molar-refractivity contribution is 5.90. The van der Waals surface area contributed by atoms with Crippen LogP contribution >= 0.6 is 0 Å². The Morgan fingerprint density at radius 1 is 0.477 bits per heavy atom. The first-order valence-electron chi connectivity index (χ1n) is 20.4. The second-order valence-electron chi connectivity index (χ2n) is 15.6. The van der Waals surface area contributed by atoms with Gasteiger partial charge in [0.15, 0.2) is 25.5 Å². The Balaban J connectivity index is 0.000000359. The quantitative estimate of drug-likeness (QED) is 0.118. The maximum absolute atomic E-state index is 10.5. The number of aliphatic carboxylic acids is 2. The van der Waals surface area contributed by atoms with Crippen LogP contribution in [0, 0.1) is 0 Å². The molecule has 0 amide bonds. The minimum atomic E-state index is -5.19. The van der Waals surface area contributed by atoms with E-state index in [1.54, 1.807) is 0 Å². The highest BCUT2D eigenvalue weighted by Crippen LogP contribution is 2.38. The molecule has 1 aliphatic carbocycles. The monoisotopic (exact) mass is 884 g/mol. The van der Waals surface area contributed by atoms with Crippen molar-refractivity contribution in [2.75, 3.05) is 10.6 Å². The van der Waals surface area contributed by atoms with Crippen LogP contribution in [-0.4, -0.2) is 24.3 Å². The van der Waals surface area contributed by atoms with E-state index >= 15 is 0 Å². The summed E-state index contributed by atoms with van der Waals surface area (Å²) in [5, 5.41) is 27.5. The van der Waals surface area contributed by atoms with Crippen LogP contribution in [0.5, 0.6) is 0 Å². The van der Waals surface area contributed by atoms with Crippen LogP contribution in [0.2, 0.25) is 0 Å². The summed E-state index contributed by atoms with van der Waals surface area (Å²) >= 11 is 0. The fourth-order valence-corrected chi connectivity index (χ4v) is 8.09. The first-order chi connectivity index (χ1) is 31.1. The third-order valence-corrected chi connectivity index (χ3v) is 11.2. The number of anilines is 2. The third-order valence-electron chi connectivity index (χ3n) is 11.2. The fraction of sp³-hybridized carbons (Fsp3) is 0.137. The van der Waals surface area contributed by atoms with Crippen LogP contribution in [0.15, 0.2) is 158 Å². The lowest BCUT2D eigenvalue weighted by molar-refractivity contribution is -0.662. The van der Waals surface area contributed by atoms with Gasteiger partial charge in [0, 0.05) is 48.5 Å². The molecular formula is C51H38F6N4O4. The number of rotatable bonds is 0. The van der Waals surface area contributed by atoms with E-state index in [0.717, 1.165) is 44.0 Å². The van der Waals surface area contributed by atoms with E-state index in [-0.39, 0.29) is 0 Å². The van der Waals surface area contributed by atoms with Gasteiger partial charge in [-0.15, -0.1) is 0 Å². The number of hydrogen-bond donors (Lipinski definition) is 2. The predicted molar refractivity (Wildman–Crippen MR) is 230 cm³/mol. The number of halogens is 6. The Morgan fingerprint density at radius 3 is 1.20 bits per heavy atom. The van der Waals surface area contributed by atoms with Crippen molar-refractivity contribution >= 4 is 45.1 Å². The number of aromatic nitrogens is 2. The number of para-hydroxylation sites is 2. The number of pyridine rings is 2. The van der Waals surface area contributed by atoms with Crippen LogP contribution in [0.25, 0.3) is 44.1 Å². The molecule has 8 aromatic rings. The molecule has 328 valence electrons. The minimum absolute atomic E-state index is 0.764. The molecule has 7 aliphatic rings. The van der Waals surface area contributed by atoms with Crippen molar-refractivity contribution < 1.29 is 55.3 Å². The average Bonchev–Trinajstić information content (AvgIpc) is 3.65. The molecular weight excluding hydrogens is 847 g/mol. The van der Waals surface area contributed by atoms with Crippen molar-refractivity contribution in [1.29, 1.82) is 0 Å². The SMILES string of the molecule is O=C([O-])C(F)(F)F.O=C([O-])C(F)(F)F.c1ccc2c(c1)c1cc[n+]2Cc2ccc3c(c2)Cc2cc(ccc2-3)C[n+]2ccc(c3ccccc32)NCc2ccc(cc2)-c2ccc(cc2)CN1. The van der Waals surface area contributed by atoms with Gasteiger partial charge in [0.1, 0.15) is 11.9 Å². The van der Waals surface area contributed by atoms with Crippen LogP contribution in [0.4, 0.5) is 37.7 Å². The molecule has 14 heteroatoms. The number of nitrogens with one attached hydrogen (secondary N) is 2. The van der Waals surface area contributed by atoms with Crippen molar-refractivity contribution in [3.63, 3.8) is 0 Å². The predicted octanol–water partition coefficient (Wildman–Crippen LogP) is 8.04. The standard InChI is InChI=1S/C47H36N4.2C2HF3O2/c1-3-7-46-42(5-1)44-21-23-50(46)30-34-13-19-40-38(25-34)27-39-26-35(14-20-41(39)40)31-51-24-22-45(43-6-2-4-8-47(43)51)49-29-33-11-17-37(18-12-33)36-15-9-32(10-16-36)28-48-44;2*3-2(4,5)1(6)7/h1-26H,27-31H2;2*(H,6,7). The molecule has 0 spiro atoms. The summed E-state index contributed by atoms with van der Waals surface area (Å²) in [5.41, 5.74) is 17.9. The van der Waals surface area contributed by atoms with Gasteiger partial charge in [0.05, 0.1) is 22.1 Å². The van der Waals surface area contributed by atoms with Crippen LogP contribution in [0.3, 0.4) is 0 Å². The molecule has 0 saturated heterocycles. The zero-order valence-electron chi connectivity index (χ0n) is 34.3. The molecule has 0 fully saturated rings. The van der Waals surface area contributed by atoms with E-state index in [4.69, 9.17) is 19.8 Å². The van der Waals surface area contributed by atoms with E-state index in [2.05, 4.69) is 178 Å². The van der Waals surface area contributed by atoms with Gasteiger partial charge in [0.2, 0.25) is 11.0 Å². The molecule has 0 radical (unpaired) electrons. The van der Waals surface area contributed by atoms with Gasteiger partial charge in [-0.1, -0.05) is 97.1 Å². The topological polar surface area (TPSA) is 112 Å². The van der Waals surface area contributed by atoms with Crippen LogP contribution < -0.4 is 30.0 Å². The number of carboxylic acids is 2. The van der Waals surface area contributed by atoms with Gasteiger partial charge in [-0.25, -0.2) is 0 Å².